The molecule has 0 saturated carbocycles. The summed E-state index contributed by atoms with van der Waals surface area (Å²) in [6.45, 7) is 1.92. The number of aryl methyl sites for hydroxylation is 1. The van der Waals surface area contributed by atoms with Crippen molar-refractivity contribution < 1.29 is 28.2 Å². The number of amides is 1. The number of hydrazone groups is 1. The predicted molar refractivity (Wildman–Crippen MR) is 92.1 cm³/mol. The molecule has 142 valence electrons. The number of hydrogen-bond donors (Lipinski definition) is 2. The van der Waals surface area contributed by atoms with Crippen LogP contribution in [0.5, 0.6) is 5.75 Å². The molecule has 8 heteroatoms. The molecule has 2 aromatic carbocycles. The fourth-order valence-electron chi connectivity index (χ4n) is 2.88. The molecule has 5 nitrogen and oxygen atoms in total. The van der Waals surface area contributed by atoms with Crippen LogP contribution in [0.15, 0.2) is 53.6 Å². The zero-order valence-electron chi connectivity index (χ0n) is 14.4. The first-order valence-corrected chi connectivity index (χ1v) is 8.25. The molecule has 1 unspecified atom stereocenters. The van der Waals surface area contributed by atoms with E-state index in [4.69, 9.17) is 0 Å². The normalized spacial score (nSPS) is 19.9. The lowest BCUT2D eigenvalue weighted by Crippen LogP contribution is -2.43. The Labute approximate surface area is 153 Å². The van der Waals surface area contributed by atoms with Crippen molar-refractivity contribution in [3.8, 4) is 5.75 Å². The Kier molecular flexibility index (Phi) is 4.69. The van der Waals surface area contributed by atoms with Gasteiger partial charge in [0, 0.05) is 11.1 Å². The van der Waals surface area contributed by atoms with Gasteiger partial charge in [0.2, 0.25) is 0 Å². The van der Waals surface area contributed by atoms with Crippen molar-refractivity contribution in [2.24, 2.45) is 5.10 Å². The maximum Gasteiger partial charge on any atom is 0.431 e. The molecule has 1 amide bonds. The average Bonchev–Trinajstić information content (AvgIpc) is 3.01. The van der Waals surface area contributed by atoms with Gasteiger partial charge in [-0.25, -0.2) is 0 Å². The minimum atomic E-state index is -4.78. The number of alkyl halides is 3. The minimum absolute atomic E-state index is 0.0106. The fourth-order valence-corrected chi connectivity index (χ4v) is 2.88. The summed E-state index contributed by atoms with van der Waals surface area (Å²) in [6, 6.07) is 11.3. The van der Waals surface area contributed by atoms with Crippen molar-refractivity contribution in [2.45, 2.75) is 31.7 Å². The first-order valence-electron chi connectivity index (χ1n) is 8.25. The Morgan fingerprint density at radius 3 is 2.26 bits per heavy atom. The number of aromatic hydroxyl groups is 1. The van der Waals surface area contributed by atoms with Crippen LogP contribution in [0.4, 0.5) is 13.2 Å². The molecule has 0 saturated heterocycles. The lowest BCUT2D eigenvalue weighted by molar-refractivity contribution is -0.0816. The van der Waals surface area contributed by atoms with Crippen LogP contribution in [0, 0.1) is 0 Å². The van der Waals surface area contributed by atoms with Gasteiger partial charge >= 0.3 is 6.18 Å². The lowest BCUT2D eigenvalue weighted by Gasteiger charge is -2.31. The Bertz CT molecular complexity index is 877. The summed E-state index contributed by atoms with van der Waals surface area (Å²) < 4.78 is 39.7. The second-order valence-electron chi connectivity index (χ2n) is 6.25. The average molecular weight is 378 g/mol. The van der Waals surface area contributed by atoms with Crippen LogP contribution >= 0.6 is 0 Å². The van der Waals surface area contributed by atoms with E-state index in [2.05, 4.69) is 5.10 Å². The van der Waals surface area contributed by atoms with Gasteiger partial charge in [0.1, 0.15) is 11.5 Å². The number of phenolic OH excluding ortho intramolecular Hbond substituents is 1. The van der Waals surface area contributed by atoms with E-state index in [-0.39, 0.29) is 16.9 Å². The van der Waals surface area contributed by atoms with Crippen LogP contribution in [0.3, 0.4) is 0 Å². The zero-order chi connectivity index (χ0) is 19.8. The second kappa shape index (κ2) is 6.70. The highest BCUT2D eigenvalue weighted by atomic mass is 19.4. The van der Waals surface area contributed by atoms with Gasteiger partial charge in [0.05, 0.1) is 6.42 Å². The molecule has 0 spiro atoms. The molecule has 0 aromatic heterocycles. The molecule has 0 bridgehead atoms. The first kappa shape index (κ1) is 18.9. The van der Waals surface area contributed by atoms with Crippen LogP contribution < -0.4 is 0 Å². The van der Waals surface area contributed by atoms with E-state index in [0.717, 1.165) is 12.0 Å². The van der Waals surface area contributed by atoms with E-state index in [1.807, 2.05) is 6.92 Å². The van der Waals surface area contributed by atoms with Gasteiger partial charge in [0.15, 0.2) is 5.72 Å². The summed E-state index contributed by atoms with van der Waals surface area (Å²) in [6.07, 6.45) is -4.92. The third-order valence-electron chi connectivity index (χ3n) is 4.44. The van der Waals surface area contributed by atoms with E-state index >= 15 is 0 Å². The molecule has 0 aliphatic carbocycles. The fraction of sp³-hybridized carbons (Fsp3) is 0.263. The van der Waals surface area contributed by atoms with Crippen LogP contribution in [-0.4, -0.2) is 33.0 Å². The van der Waals surface area contributed by atoms with Crippen LogP contribution in [-0.2, 0) is 12.1 Å². The van der Waals surface area contributed by atoms with Crippen molar-refractivity contribution in [2.75, 3.05) is 0 Å². The standard InChI is InChI=1S/C19H17F3N2O3/c1-2-12-3-7-14(8-4-12)18(27)11-16(19(20,21)22)23-24(18)17(26)13-5-9-15(25)10-6-13/h3-10,25,27H,2,11H2,1H3. The molecule has 2 N–H and O–H groups in total. The highest BCUT2D eigenvalue weighted by Gasteiger charge is 2.53. The molecule has 2 aromatic rings. The van der Waals surface area contributed by atoms with E-state index < -0.39 is 29.9 Å². The lowest BCUT2D eigenvalue weighted by atomic mass is 9.95. The van der Waals surface area contributed by atoms with Gasteiger partial charge in [0.25, 0.3) is 5.91 Å². The SMILES string of the molecule is CCc1ccc(C2(O)CC(C(F)(F)F)=NN2C(=O)c2ccc(O)cc2)cc1. The number of aliphatic hydroxyl groups is 1. The number of carbonyl (C=O) groups excluding carboxylic acids is 1. The van der Waals surface area contributed by atoms with E-state index in [0.29, 0.717) is 5.01 Å². The van der Waals surface area contributed by atoms with E-state index in [9.17, 15) is 28.2 Å². The highest BCUT2D eigenvalue weighted by Crippen LogP contribution is 2.40. The van der Waals surface area contributed by atoms with E-state index in [1.54, 1.807) is 12.1 Å². The molecule has 1 aliphatic heterocycles. The van der Waals surface area contributed by atoms with Crippen LogP contribution in [0.25, 0.3) is 0 Å². The first-order chi connectivity index (χ1) is 12.6. The number of hydrogen-bond acceptors (Lipinski definition) is 4. The largest absolute Gasteiger partial charge is 0.508 e. The topological polar surface area (TPSA) is 73.1 Å². The van der Waals surface area contributed by atoms with Gasteiger partial charge < -0.3 is 10.2 Å². The molecule has 1 heterocycles. The van der Waals surface area contributed by atoms with Crippen molar-refractivity contribution in [3.63, 3.8) is 0 Å². The molecular weight excluding hydrogens is 361 g/mol. The van der Waals surface area contributed by atoms with Gasteiger partial charge in [-0.1, -0.05) is 31.2 Å². The minimum Gasteiger partial charge on any atom is -0.508 e. The summed E-state index contributed by atoms with van der Waals surface area (Å²) in [5.41, 5.74) is -2.43. The maximum atomic E-state index is 13.2. The van der Waals surface area contributed by atoms with Crippen LogP contribution in [0.1, 0.15) is 34.8 Å². The van der Waals surface area contributed by atoms with Crippen molar-refractivity contribution in [1.29, 1.82) is 0 Å². The monoisotopic (exact) mass is 378 g/mol. The number of nitrogens with zero attached hydrogens (tertiary/aromatic N) is 2. The molecule has 1 aliphatic rings. The number of benzene rings is 2. The second-order valence-corrected chi connectivity index (χ2v) is 6.25. The number of halogens is 3. The van der Waals surface area contributed by atoms with Crippen LogP contribution in [0.2, 0.25) is 0 Å². The predicted octanol–water partition coefficient (Wildman–Crippen LogP) is 3.56. The van der Waals surface area contributed by atoms with Crippen molar-refractivity contribution >= 4 is 11.6 Å². The molecule has 1 atom stereocenters. The van der Waals surface area contributed by atoms with Gasteiger partial charge in [-0.3, -0.25) is 4.79 Å². The summed E-state index contributed by atoms with van der Waals surface area (Å²) in [7, 11) is 0. The number of rotatable bonds is 3. The summed E-state index contributed by atoms with van der Waals surface area (Å²) in [4.78, 5) is 12.8. The molecule has 0 fully saturated rings. The summed E-state index contributed by atoms with van der Waals surface area (Å²) in [5.74, 6) is -1.01. The Hall–Kier alpha value is -2.87. The molecule has 0 radical (unpaired) electrons. The van der Waals surface area contributed by atoms with Crippen molar-refractivity contribution in [1.82, 2.24) is 5.01 Å². The van der Waals surface area contributed by atoms with E-state index in [1.165, 1.54) is 36.4 Å². The number of phenols is 1. The summed E-state index contributed by atoms with van der Waals surface area (Å²) in [5, 5.41) is 24.2. The third-order valence-corrected chi connectivity index (χ3v) is 4.44. The Balaban J connectivity index is 2.05. The smallest absolute Gasteiger partial charge is 0.431 e. The number of carbonyl (C=O) groups is 1. The summed E-state index contributed by atoms with van der Waals surface area (Å²) >= 11 is 0. The zero-order valence-corrected chi connectivity index (χ0v) is 14.4. The quantitative estimate of drug-likeness (QED) is 0.858. The van der Waals surface area contributed by atoms with Crippen molar-refractivity contribution in [3.05, 3.63) is 65.2 Å². The molecular formula is C19H17F3N2O3. The van der Waals surface area contributed by atoms with Gasteiger partial charge in [-0.2, -0.15) is 23.3 Å². The van der Waals surface area contributed by atoms with Gasteiger partial charge in [-0.05, 0) is 36.2 Å². The van der Waals surface area contributed by atoms with Gasteiger partial charge in [-0.15, -0.1) is 0 Å². The molecule has 27 heavy (non-hydrogen) atoms. The maximum absolute atomic E-state index is 13.2. The highest BCUT2D eigenvalue weighted by molar-refractivity contribution is 5.99. The molecule has 3 rings (SSSR count). The Morgan fingerprint density at radius 2 is 1.74 bits per heavy atom. The Morgan fingerprint density at radius 1 is 1.15 bits per heavy atom. The third kappa shape index (κ3) is 3.52.